The predicted octanol–water partition coefficient (Wildman–Crippen LogP) is 5.86. The van der Waals surface area contributed by atoms with Gasteiger partial charge < -0.3 is 10.1 Å². The van der Waals surface area contributed by atoms with Crippen LogP contribution < -0.4 is 10.1 Å². The van der Waals surface area contributed by atoms with Gasteiger partial charge in [0, 0.05) is 23.1 Å². The highest BCUT2D eigenvalue weighted by Crippen LogP contribution is 2.50. The Labute approximate surface area is 170 Å². The number of nitrogens with one attached hydrogen (secondary N) is 1. The Balaban J connectivity index is 1.90. The molecule has 0 aromatic heterocycles. The Kier molecular flexibility index (Phi) is 4.87. The van der Waals surface area contributed by atoms with Crippen molar-refractivity contribution in [3.8, 4) is 5.75 Å². The number of hydrogen-bond acceptors (Lipinski definition) is 2. The van der Waals surface area contributed by atoms with Gasteiger partial charge >= 0.3 is 0 Å². The molecular weight excluding hydrogens is 342 g/mol. The van der Waals surface area contributed by atoms with E-state index in [1.807, 2.05) is 0 Å². The molecule has 0 radical (unpaired) electrons. The Hall–Kier alpha value is -2.06. The lowest BCUT2D eigenvalue weighted by molar-refractivity contribution is 0.341. The number of hydrogen-bond donors (Lipinski definition) is 1. The van der Waals surface area contributed by atoms with E-state index >= 15 is 0 Å². The third kappa shape index (κ3) is 3.28. The first-order chi connectivity index (χ1) is 13.3. The Morgan fingerprint density at radius 1 is 1.29 bits per heavy atom. The number of allylic oxidation sites excluding steroid dienone is 4. The summed E-state index contributed by atoms with van der Waals surface area (Å²) in [5.41, 5.74) is 8.63. The van der Waals surface area contributed by atoms with Gasteiger partial charge in [-0.25, -0.2) is 0 Å². The number of benzene rings is 1. The van der Waals surface area contributed by atoms with E-state index in [2.05, 4.69) is 82.4 Å². The van der Waals surface area contributed by atoms with Crippen LogP contribution in [0.15, 0.2) is 59.2 Å². The van der Waals surface area contributed by atoms with E-state index < -0.39 is 0 Å². The quantitative estimate of drug-likeness (QED) is 0.668. The lowest BCUT2D eigenvalue weighted by atomic mass is 9.64. The second-order valence-corrected chi connectivity index (χ2v) is 9.40. The molecule has 1 aromatic carbocycles. The van der Waals surface area contributed by atoms with Gasteiger partial charge in [-0.15, -0.1) is 0 Å². The summed E-state index contributed by atoms with van der Waals surface area (Å²) in [4.78, 5) is 0. The number of ether oxygens (including phenoxy) is 1. The summed E-state index contributed by atoms with van der Waals surface area (Å²) >= 11 is 0. The first kappa shape index (κ1) is 19.3. The number of fused-ring (bicyclic) bond motifs is 4. The van der Waals surface area contributed by atoms with E-state index in [0.717, 1.165) is 18.6 Å². The smallest absolute Gasteiger partial charge is 0.126 e. The van der Waals surface area contributed by atoms with E-state index in [1.54, 1.807) is 12.7 Å². The van der Waals surface area contributed by atoms with Crippen LogP contribution in [0.2, 0.25) is 0 Å². The van der Waals surface area contributed by atoms with Crippen LogP contribution in [0.4, 0.5) is 0 Å². The van der Waals surface area contributed by atoms with Crippen molar-refractivity contribution in [1.82, 2.24) is 5.32 Å². The second kappa shape index (κ2) is 7.08. The van der Waals surface area contributed by atoms with Gasteiger partial charge in [-0.1, -0.05) is 47.6 Å². The zero-order chi connectivity index (χ0) is 20.1. The van der Waals surface area contributed by atoms with Crippen LogP contribution in [0.25, 0.3) is 5.57 Å². The molecule has 28 heavy (non-hydrogen) atoms. The first-order valence-electron chi connectivity index (χ1n) is 10.5. The Morgan fingerprint density at radius 2 is 2.07 bits per heavy atom. The molecule has 1 aromatic rings. The van der Waals surface area contributed by atoms with Crippen LogP contribution in [0, 0.1) is 11.8 Å². The Morgan fingerprint density at radius 3 is 2.79 bits per heavy atom. The van der Waals surface area contributed by atoms with Crippen molar-refractivity contribution >= 4 is 5.57 Å². The van der Waals surface area contributed by atoms with E-state index in [-0.39, 0.29) is 5.54 Å². The SMILES string of the molecule is COc1cccc2c1C1=C(C(CC=C(C)C)C2)C2C(C)=CC(C)(C)NC2C=C1. The highest BCUT2D eigenvalue weighted by atomic mass is 16.5. The fraction of sp³-hybridized carbons (Fsp3) is 0.462. The fourth-order valence-corrected chi connectivity index (χ4v) is 5.45. The van der Waals surface area contributed by atoms with E-state index in [0.29, 0.717) is 17.9 Å². The molecule has 0 saturated heterocycles. The number of methoxy groups -OCH3 is 1. The van der Waals surface area contributed by atoms with Crippen molar-refractivity contribution < 1.29 is 4.74 Å². The molecular formula is C26H33NO. The third-order valence-corrected chi connectivity index (χ3v) is 6.41. The van der Waals surface area contributed by atoms with Crippen molar-refractivity contribution in [2.45, 2.75) is 59.0 Å². The molecule has 1 heterocycles. The summed E-state index contributed by atoms with van der Waals surface area (Å²) in [5, 5.41) is 3.85. The van der Waals surface area contributed by atoms with E-state index in [1.165, 1.54) is 27.8 Å². The van der Waals surface area contributed by atoms with Gasteiger partial charge in [-0.3, -0.25) is 0 Å². The molecule has 2 aliphatic carbocycles. The summed E-state index contributed by atoms with van der Waals surface area (Å²) in [7, 11) is 1.79. The molecule has 0 spiro atoms. The van der Waals surface area contributed by atoms with Crippen molar-refractivity contribution in [2.24, 2.45) is 11.8 Å². The zero-order valence-electron chi connectivity index (χ0n) is 18.1. The highest BCUT2D eigenvalue weighted by molar-refractivity contribution is 5.86. The third-order valence-electron chi connectivity index (χ3n) is 6.41. The van der Waals surface area contributed by atoms with Crippen molar-refractivity contribution in [3.05, 3.63) is 70.3 Å². The largest absolute Gasteiger partial charge is 0.496 e. The summed E-state index contributed by atoms with van der Waals surface area (Å²) < 4.78 is 5.78. The van der Waals surface area contributed by atoms with E-state index in [9.17, 15) is 0 Å². The maximum Gasteiger partial charge on any atom is 0.126 e. The molecule has 3 aliphatic rings. The van der Waals surface area contributed by atoms with Crippen LogP contribution in [-0.4, -0.2) is 18.7 Å². The Bertz CT molecular complexity index is 908. The minimum atomic E-state index is 0.0350. The summed E-state index contributed by atoms with van der Waals surface area (Å²) in [5.74, 6) is 1.97. The standard InChI is InChI=1S/C26H33NO/c1-16(2)10-11-19-14-18-8-7-9-22(28-6)24(18)20-12-13-21-23(25(19)20)17(3)15-26(4,5)27-21/h7-10,12-13,15,19,21,23,27H,11,14H2,1-6H3. The highest BCUT2D eigenvalue weighted by Gasteiger charge is 2.41. The fourth-order valence-electron chi connectivity index (χ4n) is 5.45. The molecule has 0 fully saturated rings. The predicted molar refractivity (Wildman–Crippen MR) is 119 cm³/mol. The molecule has 148 valence electrons. The number of rotatable bonds is 3. The van der Waals surface area contributed by atoms with Gasteiger partial charge in [0.1, 0.15) is 5.75 Å². The van der Waals surface area contributed by atoms with Gasteiger partial charge in [-0.2, -0.15) is 0 Å². The minimum absolute atomic E-state index is 0.0350. The van der Waals surface area contributed by atoms with Crippen LogP contribution in [0.1, 0.15) is 52.2 Å². The lowest BCUT2D eigenvalue weighted by Crippen LogP contribution is -2.53. The topological polar surface area (TPSA) is 21.3 Å². The molecule has 0 bridgehead atoms. The van der Waals surface area contributed by atoms with E-state index in [4.69, 9.17) is 4.74 Å². The molecule has 0 amide bonds. The average molecular weight is 376 g/mol. The molecule has 1 aliphatic heterocycles. The summed E-state index contributed by atoms with van der Waals surface area (Å²) in [6, 6.07) is 6.88. The lowest BCUT2D eigenvalue weighted by Gasteiger charge is -2.46. The van der Waals surface area contributed by atoms with Crippen LogP contribution in [0.5, 0.6) is 5.75 Å². The molecule has 2 heteroatoms. The summed E-state index contributed by atoms with van der Waals surface area (Å²) in [6.07, 6.45) is 11.8. The van der Waals surface area contributed by atoms with Crippen molar-refractivity contribution in [3.63, 3.8) is 0 Å². The first-order valence-corrected chi connectivity index (χ1v) is 10.5. The van der Waals surface area contributed by atoms with Gasteiger partial charge in [-0.05, 0) is 76.2 Å². The van der Waals surface area contributed by atoms with Crippen LogP contribution >= 0.6 is 0 Å². The minimum Gasteiger partial charge on any atom is -0.496 e. The molecule has 4 rings (SSSR count). The molecule has 3 unspecified atom stereocenters. The van der Waals surface area contributed by atoms with Gasteiger partial charge in [0.25, 0.3) is 0 Å². The van der Waals surface area contributed by atoms with Crippen molar-refractivity contribution in [2.75, 3.05) is 7.11 Å². The van der Waals surface area contributed by atoms with Crippen LogP contribution in [-0.2, 0) is 6.42 Å². The van der Waals surface area contributed by atoms with Gasteiger partial charge in [0.15, 0.2) is 0 Å². The second-order valence-electron chi connectivity index (χ2n) is 9.40. The maximum atomic E-state index is 5.78. The normalized spacial score (nSPS) is 27.4. The molecule has 3 atom stereocenters. The van der Waals surface area contributed by atoms with Crippen LogP contribution in [0.3, 0.4) is 0 Å². The molecule has 0 saturated carbocycles. The molecule has 1 N–H and O–H groups in total. The monoisotopic (exact) mass is 375 g/mol. The summed E-state index contributed by atoms with van der Waals surface area (Å²) in [6.45, 7) is 11.3. The van der Waals surface area contributed by atoms with Gasteiger partial charge in [0.05, 0.1) is 7.11 Å². The zero-order valence-corrected chi connectivity index (χ0v) is 18.1. The molecule has 2 nitrogen and oxygen atoms in total. The van der Waals surface area contributed by atoms with Crippen molar-refractivity contribution in [1.29, 1.82) is 0 Å². The average Bonchev–Trinajstić information content (AvgIpc) is 2.63. The van der Waals surface area contributed by atoms with Gasteiger partial charge in [0.2, 0.25) is 0 Å². The maximum absolute atomic E-state index is 5.78.